The molecular weight excluding hydrogens is 500 g/mol. The number of thiazole rings is 1. The number of hydrogen-bond acceptors (Lipinski definition) is 6. The van der Waals surface area contributed by atoms with Crippen molar-refractivity contribution in [2.45, 2.75) is 33.6 Å². The molecule has 1 aliphatic heterocycles. The number of ether oxygens (including phenoxy) is 1. The van der Waals surface area contributed by atoms with Crippen LogP contribution in [0.2, 0.25) is 0 Å². The van der Waals surface area contributed by atoms with Crippen molar-refractivity contribution in [1.82, 2.24) is 14.0 Å². The van der Waals surface area contributed by atoms with E-state index >= 15 is 0 Å². The minimum absolute atomic E-state index is 0.00786. The van der Waals surface area contributed by atoms with E-state index in [1.54, 1.807) is 4.68 Å². The molecule has 9 nitrogen and oxygen atoms in total. The first-order valence-corrected chi connectivity index (χ1v) is 13.4. The number of anilines is 1. The molecule has 0 fully saturated rings. The minimum Gasteiger partial charge on any atom is -0.482 e. The third-order valence-corrected chi connectivity index (χ3v) is 7.48. The molecule has 0 radical (unpaired) electrons. The SMILES string of the molecule is CCC(=CNn1c(-c2ccc3c(c2)NC(=O)CO3)csc1=Nc1c(C)n(C)n(-c2ccccc2)c1=O)CC. The standard InChI is InChI=1S/C28H30N6O3S/c1-5-19(6-2)15-29-33-23(20-12-13-24-22(14-20)30-25(35)16-37-24)17-38-28(33)31-26-18(3)32(4)34(27(26)36)21-10-8-7-9-11-21/h7-15,17,29H,5-6,16H2,1-4H3,(H,30,35). The molecule has 4 aromatic rings. The molecule has 1 amide bonds. The summed E-state index contributed by atoms with van der Waals surface area (Å²) in [4.78, 5) is 30.9. The van der Waals surface area contributed by atoms with Crippen LogP contribution in [-0.4, -0.2) is 26.6 Å². The summed E-state index contributed by atoms with van der Waals surface area (Å²) in [6.45, 7) is 6.14. The molecule has 2 aromatic heterocycles. The topological polar surface area (TPSA) is 94.6 Å². The molecule has 0 atom stereocenters. The fourth-order valence-corrected chi connectivity index (χ4v) is 5.21. The maximum atomic E-state index is 13.5. The van der Waals surface area contributed by atoms with Crippen LogP contribution in [0.1, 0.15) is 32.4 Å². The summed E-state index contributed by atoms with van der Waals surface area (Å²) in [5.74, 6) is 0.447. The van der Waals surface area contributed by atoms with Crippen LogP contribution < -0.4 is 25.8 Å². The van der Waals surface area contributed by atoms with E-state index in [1.165, 1.54) is 16.9 Å². The Hall–Kier alpha value is -4.31. The Labute approximate surface area is 224 Å². The van der Waals surface area contributed by atoms with Crippen molar-refractivity contribution in [3.63, 3.8) is 0 Å². The van der Waals surface area contributed by atoms with E-state index in [9.17, 15) is 9.59 Å². The summed E-state index contributed by atoms with van der Waals surface area (Å²) >= 11 is 1.43. The minimum atomic E-state index is -0.190. The molecule has 3 heterocycles. The van der Waals surface area contributed by atoms with Crippen molar-refractivity contribution in [2.24, 2.45) is 12.0 Å². The number of carbonyl (C=O) groups is 1. The maximum Gasteiger partial charge on any atom is 0.297 e. The summed E-state index contributed by atoms with van der Waals surface area (Å²) < 4.78 is 10.8. The van der Waals surface area contributed by atoms with Crippen LogP contribution in [0.3, 0.4) is 0 Å². The van der Waals surface area contributed by atoms with Crippen LogP contribution in [0.4, 0.5) is 11.4 Å². The summed E-state index contributed by atoms with van der Waals surface area (Å²) in [6, 6.07) is 15.2. The van der Waals surface area contributed by atoms with Crippen molar-refractivity contribution in [3.8, 4) is 22.7 Å². The summed E-state index contributed by atoms with van der Waals surface area (Å²) in [7, 11) is 1.86. The molecule has 0 saturated carbocycles. The Morgan fingerprint density at radius 3 is 2.66 bits per heavy atom. The van der Waals surface area contributed by atoms with Gasteiger partial charge in [0, 0.05) is 24.2 Å². The van der Waals surface area contributed by atoms with E-state index in [0.29, 0.717) is 21.9 Å². The monoisotopic (exact) mass is 530 g/mol. The lowest BCUT2D eigenvalue weighted by atomic mass is 10.1. The van der Waals surface area contributed by atoms with Gasteiger partial charge in [-0.1, -0.05) is 37.6 Å². The van der Waals surface area contributed by atoms with Crippen molar-refractivity contribution in [1.29, 1.82) is 0 Å². The van der Waals surface area contributed by atoms with Gasteiger partial charge < -0.3 is 10.1 Å². The number of allylic oxidation sites excluding steroid dienone is 1. The highest BCUT2D eigenvalue weighted by Gasteiger charge is 2.19. The lowest BCUT2D eigenvalue weighted by Crippen LogP contribution is -2.26. The fourth-order valence-electron chi connectivity index (χ4n) is 4.35. The molecule has 5 rings (SSSR count). The van der Waals surface area contributed by atoms with Crippen LogP contribution in [0.5, 0.6) is 5.75 Å². The largest absolute Gasteiger partial charge is 0.482 e. The Balaban J connectivity index is 1.66. The van der Waals surface area contributed by atoms with Crippen molar-refractivity contribution in [2.75, 3.05) is 17.3 Å². The second-order valence-corrected chi connectivity index (χ2v) is 9.78. The average molecular weight is 531 g/mol. The van der Waals surface area contributed by atoms with Gasteiger partial charge in [0.15, 0.2) is 12.3 Å². The van der Waals surface area contributed by atoms with Gasteiger partial charge in [-0.05, 0) is 50.1 Å². The summed E-state index contributed by atoms with van der Waals surface area (Å²) in [6.07, 6.45) is 3.81. The normalized spacial score (nSPS) is 13.1. The van der Waals surface area contributed by atoms with E-state index < -0.39 is 0 Å². The molecule has 0 unspecified atom stereocenters. The highest BCUT2D eigenvalue weighted by atomic mass is 32.1. The van der Waals surface area contributed by atoms with Gasteiger partial charge >= 0.3 is 0 Å². The number of para-hydroxylation sites is 1. The van der Waals surface area contributed by atoms with E-state index in [0.717, 1.165) is 35.5 Å². The zero-order valence-corrected chi connectivity index (χ0v) is 22.6. The molecule has 196 valence electrons. The van der Waals surface area contributed by atoms with Crippen molar-refractivity contribution < 1.29 is 9.53 Å². The highest BCUT2D eigenvalue weighted by Crippen LogP contribution is 2.33. The number of aromatic nitrogens is 3. The molecule has 0 saturated heterocycles. The van der Waals surface area contributed by atoms with Crippen molar-refractivity contribution in [3.05, 3.63) is 86.5 Å². The zero-order chi connectivity index (χ0) is 26.8. The lowest BCUT2D eigenvalue weighted by Gasteiger charge is -2.19. The first-order chi connectivity index (χ1) is 18.4. The van der Waals surface area contributed by atoms with Crippen LogP contribution in [0.15, 0.2) is 75.5 Å². The van der Waals surface area contributed by atoms with Crippen LogP contribution >= 0.6 is 11.3 Å². The van der Waals surface area contributed by atoms with E-state index in [-0.39, 0.29) is 18.1 Å². The third-order valence-electron chi connectivity index (χ3n) is 6.65. The third kappa shape index (κ3) is 4.70. The second-order valence-electron chi connectivity index (χ2n) is 8.95. The number of carbonyl (C=O) groups excluding carboxylic acids is 1. The van der Waals surface area contributed by atoms with E-state index in [4.69, 9.17) is 9.73 Å². The number of nitrogens with zero attached hydrogens (tertiary/aromatic N) is 4. The predicted octanol–water partition coefficient (Wildman–Crippen LogP) is 4.83. The second kappa shape index (κ2) is 10.6. The number of benzene rings is 2. The van der Waals surface area contributed by atoms with E-state index in [1.807, 2.05) is 83.4 Å². The van der Waals surface area contributed by atoms with Gasteiger partial charge in [0.25, 0.3) is 11.5 Å². The number of hydrogen-bond donors (Lipinski definition) is 2. The molecule has 0 aliphatic carbocycles. The average Bonchev–Trinajstić information content (AvgIpc) is 3.42. The molecule has 2 N–H and O–H groups in total. The molecule has 38 heavy (non-hydrogen) atoms. The van der Waals surface area contributed by atoms with Crippen LogP contribution in [-0.2, 0) is 11.8 Å². The Morgan fingerprint density at radius 1 is 1.16 bits per heavy atom. The Bertz CT molecular complexity index is 1650. The van der Waals surface area contributed by atoms with Crippen molar-refractivity contribution >= 4 is 28.6 Å². The van der Waals surface area contributed by atoms with Gasteiger partial charge in [-0.2, -0.15) is 0 Å². The maximum absolute atomic E-state index is 13.5. The molecule has 10 heteroatoms. The Morgan fingerprint density at radius 2 is 1.92 bits per heavy atom. The smallest absolute Gasteiger partial charge is 0.297 e. The molecule has 1 aliphatic rings. The molecule has 0 bridgehead atoms. The van der Waals surface area contributed by atoms with Gasteiger partial charge in [0.1, 0.15) is 5.75 Å². The molecule has 0 spiro atoms. The first kappa shape index (κ1) is 25.3. The summed E-state index contributed by atoms with van der Waals surface area (Å²) in [5.41, 5.74) is 8.70. The first-order valence-electron chi connectivity index (χ1n) is 12.5. The highest BCUT2D eigenvalue weighted by molar-refractivity contribution is 7.07. The zero-order valence-electron chi connectivity index (χ0n) is 21.8. The number of rotatable bonds is 7. The van der Waals surface area contributed by atoms with Gasteiger partial charge in [-0.3, -0.25) is 19.7 Å². The lowest BCUT2D eigenvalue weighted by molar-refractivity contribution is -0.118. The molecule has 2 aromatic carbocycles. The predicted molar refractivity (Wildman–Crippen MR) is 151 cm³/mol. The number of nitrogens with one attached hydrogen (secondary N) is 2. The Kier molecular flexibility index (Phi) is 7.06. The molecular formula is C28H30N6O3S. The van der Waals surface area contributed by atoms with E-state index in [2.05, 4.69) is 24.6 Å². The number of amides is 1. The van der Waals surface area contributed by atoms with Gasteiger partial charge in [-0.15, -0.1) is 11.3 Å². The number of fused-ring (bicyclic) bond motifs is 1. The van der Waals surface area contributed by atoms with Gasteiger partial charge in [0.05, 0.1) is 22.8 Å². The van der Waals surface area contributed by atoms with Crippen LogP contribution in [0, 0.1) is 6.92 Å². The van der Waals surface area contributed by atoms with Gasteiger partial charge in [-0.25, -0.2) is 14.4 Å². The quantitative estimate of drug-likeness (QED) is 0.358. The summed E-state index contributed by atoms with van der Waals surface area (Å²) in [5, 5.41) is 4.86. The fraction of sp³-hybridized carbons (Fsp3) is 0.250. The van der Waals surface area contributed by atoms with Gasteiger partial charge in [0.2, 0.25) is 4.80 Å². The van der Waals surface area contributed by atoms with Crippen LogP contribution in [0.25, 0.3) is 16.9 Å².